The second-order valence-corrected chi connectivity index (χ2v) is 5.77. The standard InChI is InChI=1S/C15H16N4O2S/c1-12-4-2-5-13(10-12)21-8-9-22-15-16-17-18-19(15)11-14-6-3-7-20-14/h2-7,10H,8-9,11H2,1H3. The monoisotopic (exact) mass is 316 g/mol. The van der Waals surface area contributed by atoms with Crippen LogP contribution in [0.4, 0.5) is 0 Å². The van der Waals surface area contributed by atoms with Gasteiger partial charge < -0.3 is 9.15 Å². The van der Waals surface area contributed by atoms with Gasteiger partial charge in [0.1, 0.15) is 18.1 Å². The molecule has 0 unspecified atom stereocenters. The first-order valence-corrected chi connectivity index (χ1v) is 7.90. The first kappa shape index (κ1) is 14.6. The second kappa shape index (κ2) is 7.13. The molecule has 0 fully saturated rings. The van der Waals surface area contributed by atoms with E-state index in [0.29, 0.717) is 13.2 Å². The largest absolute Gasteiger partial charge is 0.493 e. The van der Waals surface area contributed by atoms with E-state index in [-0.39, 0.29) is 0 Å². The summed E-state index contributed by atoms with van der Waals surface area (Å²) in [5.41, 5.74) is 1.19. The number of furan rings is 1. The summed E-state index contributed by atoms with van der Waals surface area (Å²) in [6, 6.07) is 11.8. The molecule has 0 bridgehead atoms. The minimum Gasteiger partial charge on any atom is -0.493 e. The van der Waals surface area contributed by atoms with Crippen LogP contribution >= 0.6 is 11.8 Å². The van der Waals surface area contributed by atoms with Crippen molar-refractivity contribution >= 4 is 11.8 Å². The number of tetrazole rings is 1. The van der Waals surface area contributed by atoms with E-state index >= 15 is 0 Å². The zero-order valence-electron chi connectivity index (χ0n) is 12.2. The van der Waals surface area contributed by atoms with Gasteiger partial charge in [0.25, 0.3) is 0 Å². The molecule has 0 aliphatic carbocycles. The Morgan fingerprint density at radius 3 is 3.05 bits per heavy atom. The van der Waals surface area contributed by atoms with E-state index in [0.717, 1.165) is 22.4 Å². The molecule has 22 heavy (non-hydrogen) atoms. The van der Waals surface area contributed by atoms with Crippen LogP contribution < -0.4 is 4.74 Å². The molecule has 0 saturated carbocycles. The van der Waals surface area contributed by atoms with Crippen LogP contribution in [0.5, 0.6) is 5.75 Å². The van der Waals surface area contributed by atoms with Crippen LogP contribution in [0.3, 0.4) is 0 Å². The van der Waals surface area contributed by atoms with Crippen LogP contribution in [0.15, 0.2) is 52.2 Å². The van der Waals surface area contributed by atoms with Gasteiger partial charge in [-0.15, -0.1) is 5.10 Å². The lowest BCUT2D eigenvalue weighted by atomic mass is 10.2. The summed E-state index contributed by atoms with van der Waals surface area (Å²) in [4.78, 5) is 0. The lowest BCUT2D eigenvalue weighted by molar-refractivity contribution is 0.343. The highest BCUT2D eigenvalue weighted by atomic mass is 32.2. The van der Waals surface area contributed by atoms with E-state index in [1.807, 2.05) is 43.3 Å². The third kappa shape index (κ3) is 3.88. The maximum atomic E-state index is 5.71. The molecule has 0 radical (unpaired) electrons. The van der Waals surface area contributed by atoms with Gasteiger partial charge in [-0.1, -0.05) is 23.9 Å². The lowest BCUT2D eigenvalue weighted by Crippen LogP contribution is -2.05. The Bertz CT molecular complexity index is 712. The normalized spacial score (nSPS) is 10.8. The molecule has 7 heteroatoms. The summed E-state index contributed by atoms with van der Waals surface area (Å²) < 4.78 is 12.7. The van der Waals surface area contributed by atoms with Crippen LogP contribution in [0.2, 0.25) is 0 Å². The van der Waals surface area contributed by atoms with Gasteiger partial charge in [-0.05, 0) is 47.2 Å². The van der Waals surface area contributed by atoms with Crippen LogP contribution in [0.1, 0.15) is 11.3 Å². The van der Waals surface area contributed by atoms with Gasteiger partial charge in [0.2, 0.25) is 5.16 Å². The fourth-order valence-corrected chi connectivity index (χ4v) is 2.64. The third-order valence-electron chi connectivity index (χ3n) is 2.96. The average Bonchev–Trinajstić information content (AvgIpc) is 3.16. The van der Waals surface area contributed by atoms with Gasteiger partial charge in [-0.3, -0.25) is 0 Å². The number of aryl methyl sites for hydroxylation is 1. The number of thioether (sulfide) groups is 1. The van der Waals surface area contributed by atoms with Crippen molar-refractivity contribution in [1.82, 2.24) is 20.2 Å². The molecular weight excluding hydrogens is 300 g/mol. The fraction of sp³-hybridized carbons (Fsp3) is 0.267. The summed E-state index contributed by atoms with van der Waals surface area (Å²) in [5.74, 6) is 2.48. The van der Waals surface area contributed by atoms with E-state index in [2.05, 4.69) is 15.5 Å². The molecule has 3 aromatic rings. The summed E-state index contributed by atoms with van der Waals surface area (Å²) in [6.45, 7) is 3.17. The van der Waals surface area contributed by atoms with Gasteiger partial charge in [0.15, 0.2) is 0 Å². The lowest BCUT2D eigenvalue weighted by Gasteiger charge is -2.06. The van der Waals surface area contributed by atoms with Gasteiger partial charge >= 0.3 is 0 Å². The number of aromatic nitrogens is 4. The van der Waals surface area contributed by atoms with Crippen molar-refractivity contribution in [3.05, 3.63) is 54.0 Å². The molecule has 0 aliphatic heterocycles. The Balaban J connectivity index is 1.49. The Hall–Kier alpha value is -2.28. The topological polar surface area (TPSA) is 66.0 Å². The molecule has 2 aromatic heterocycles. The summed E-state index contributed by atoms with van der Waals surface area (Å²) in [7, 11) is 0. The van der Waals surface area contributed by atoms with Gasteiger partial charge in [0, 0.05) is 5.75 Å². The van der Waals surface area contributed by atoms with E-state index in [1.165, 1.54) is 5.56 Å². The molecule has 114 valence electrons. The molecule has 0 N–H and O–H groups in total. The molecule has 3 rings (SSSR count). The van der Waals surface area contributed by atoms with Crippen molar-refractivity contribution in [2.45, 2.75) is 18.6 Å². The zero-order chi connectivity index (χ0) is 15.2. The van der Waals surface area contributed by atoms with Crippen molar-refractivity contribution in [3.8, 4) is 5.75 Å². The van der Waals surface area contributed by atoms with Crippen molar-refractivity contribution in [2.24, 2.45) is 0 Å². The van der Waals surface area contributed by atoms with Crippen molar-refractivity contribution in [2.75, 3.05) is 12.4 Å². The van der Waals surface area contributed by atoms with Crippen LogP contribution in [-0.4, -0.2) is 32.6 Å². The number of nitrogens with zero attached hydrogens (tertiary/aromatic N) is 4. The molecular formula is C15H16N4O2S. The minimum atomic E-state index is 0.529. The predicted octanol–water partition coefficient (Wildman–Crippen LogP) is 2.79. The molecule has 1 aromatic carbocycles. The highest BCUT2D eigenvalue weighted by molar-refractivity contribution is 7.99. The van der Waals surface area contributed by atoms with Crippen molar-refractivity contribution < 1.29 is 9.15 Å². The third-order valence-corrected chi connectivity index (χ3v) is 3.88. The Labute approximate surface area is 132 Å². The van der Waals surface area contributed by atoms with E-state index < -0.39 is 0 Å². The quantitative estimate of drug-likeness (QED) is 0.493. The van der Waals surface area contributed by atoms with Crippen LogP contribution in [0, 0.1) is 6.92 Å². The molecule has 0 atom stereocenters. The van der Waals surface area contributed by atoms with Crippen LogP contribution in [-0.2, 0) is 6.54 Å². The average molecular weight is 316 g/mol. The van der Waals surface area contributed by atoms with Crippen LogP contribution in [0.25, 0.3) is 0 Å². The van der Waals surface area contributed by atoms with Gasteiger partial charge in [0.05, 0.1) is 12.9 Å². The first-order valence-electron chi connectivity index (χ1n) is 6.92. The Kier molecular flexibility index (Phi) is 4.75. The maximum absolute atomic E-state index is 5.71. The number of hydrogen-bond acceptors (Lipinski definition) is 6. The maximum Gasteiger partial charge on any atom is 0.209 e. The Morgan fingerprint density at radius 1 is 1.27 bits per heavy atom. The second-order valence-electron chi connectivity index (χ2n) is 4.71. The van der Waals surface area contributed by atoms with E-state index in [9.17, 15) is 0 Å². The van der Waals surface area contributed by atoms with Crippen molar-refractivity contribution in [1.29, 1.82) is 0 Å². The van der Waals surface area contributed by atoms with Gasteiger partial charge in [-0.25, -0.2) is 4.68 Å². The Morgan fingerprint density at radius 2 is 2.23 bits per heavy atom. The molecule has 0 saturated heterocycles. The first-order chi connectivity index (χ1) is 10.8. The molecule has 0 aliphatic rings. The summed E-state index contributed by atoms with van der Waals surface area (Å²) in [6.07, 6.45) is 1.64. The number of benzene rings is 1. The number of hydrogen-bond donors (Lipinski definition) is 0. The summed E-state index contributed by atoms with van der Waals surface area (Å²) in [5, 5.41) is 12.5. The van der Waals surface area contributed by atoms with E-state index in [1.54, 1.807) is 22.7 Å². The summed E-state index contributed by atoms with van der Waals surface area (Å²) >= 11 is 1.56. The highest BCUT2D eigenvalue weighted by Crippen LogP contribution is 2.17. The SMILES string of the molecule is Cc1cccc(OCCSc2nnnn2Cc2ccco2)c1. The zero-order valence-corrected chi connectivity index (χ0v) is 13.0. The van der Waals surface area contributed by atoms with Crippen molar-refractivity contribution in [3.63, 3.8) is 0 Å². The van der Waals surface area contributed by atoms with E-state index in [4.69, 9.17) is 9.15 Å². The number of ether oxygens (including phenoxy) is 1. The smallest absolute Gasteiger partial charge is 0.209 e. The van der Waals surface area contributed by atoms with Gasteiger partial charge in [-0.2, -0.15) is 0 Å². The highest BCUT2D eigenvalue weighted by Gasteiger charge is 2.08. The predicted molar refractivity (Wildman–Crippen MR) is 83.0 cm³/mol. The minimum absolute atomic E-state index is 0.529. The fourth-order valence-electron chi connectivity index (χ4n) is 1.95. The molecule has 0 amide bonds. The molecule has 0 spiro atoms. The molecule has 2 heterocycles. The number of rotatable bonds is 7. The molecule has 6 nitrogen and oxygen atoms in total.